The Bertz CT molecular complexity index is 1100. The normalized spacial score (nSPS) is 17.4. The third kappa shape index (κ3) is 6.78. The molecule has 1 saturated heterocycles. The van der Waals surface area contributed by atoms with Gasteiger partial charge in [0.05, 0.1) is 30.4 Å². The smallest absolute Gasteiger partial charge is 0.492 e. The molecule has 2 aromatic rings. The fourth-order valence-electron chi connectivity index (χ4n) is 3.54. The Labute approximate surface area is 199 Å². The minimum atomic E-state index is -5.84. The molecule has 1 unspecified atom stereocenters. The SMILES string of the molecule is O=C1c2ccccc2C(=O)N1CC(COc1ccccc1)N1CCOCC1.O=S(=O)(O)C(F)(F)F. The lowest BCUT2D eigenvalue weighted by Crippen LogP contribution is -2.52. The number of fused-ring (bicyclic) bond motifs is 1. The molecule has 35 heavy (non-hydrogen) atoms. The van der Waals surface area contributed by atoms with E-state index >= 15 is 0 Å². The number of para-hydroxylation sites is 1. The topological polar surface area (TPSA) is 113 Å². The average Bonchev–Trinajstić information content (AvgIpc) is 3.07. The zero-order chi connectivity index (χ0) is 25.6. The van der Waals surface area contributed by atoms with E-state index in [1.807, 2.05) is 30.3 Å². The van der Waals surface area contributed by atoms with E-state index in [1.165, 1.54) is 4.90 Å². The lowest BCUT2D eigenvalue weighted by atomic mass is 10.1. The highest BCUT2D eigenvalue weighted by Gasteiger charge is 2.44. The number of morpholine rings is 1. The second-order valence-electron chi connectivity index (χ2n) is 7.61. The number of carbonyl (C=O) groups excluding carboxylic acids is 2. The van der Waals surface area contributed by atoms with Crippen LogP contribution >= 0.6 is 0 Å². The number of ether oxygens (including phenoxy) is 2. The van der Waals surface area contributed by atoms with E-state index in [4.69, 9.17) is 22.4 Å². The van der Waals surface area contributed by atoms with Gasteiger partial charge in [-0.2, -0.15) is 21.6 Å². The Kier molecular flexibility index (Phi) is 8.48. The van der Waals surface area contributed by atoms with Crippen LogP contribution in [-0.2, 0) is 14.9 Å². The summed E-state index contributed by atoms with van der Waals surface area (Å²) in [7, 11) is -5.84. The monoisotopic (exact) mass is 516 g/mol. The van der Waals surface area contributed by atoms with Crippen LogP contribution in [0.4, 0.5) is 13.2 Å². The lowest BCUT2D eigenvalue weighted by molar-refractivity contribution is -0.0510. The number of hydrogen-bond donors (Lipinski definition) is 1. The van der Waals surface area contributed by atoms with E-state index in [-0.39, 0.29) is 17.9 Å². The summed E-state index contributed by atoms with van der Waals surface area (Å²) in [6.45, 7) is 3.50. The lowest BCUT2D eigenvalue weighted by Gasteiger charge is -2.35. The molecule has 0 aromatic heterocycles. The molecule has 1 fully saturated rings. The van der Waals surface area contributed by atoms with E-state index in [0.29, 0.717) is 37.5 Å². The molecule has 1 N–H and O–H groups in total. The zero-order valence-corrected chi connectivity index (χ0v) is 19.2. The molecule has 0 aliphatic carbocycles. The largest absolute Gasteiger partial charge is 0.522 e. The molecular formula is C22H23F3N2O7S. The molecule has 2 amide bonds. The molecule has 9 nitrogen and oxygen atoms in total. The molecule has 190 valence electrons. The third-order valence-corrected chi connectivity index (χ3v) is 5.90. The fraction of sp³-hybridized carbons (Fsp3) is 0.364. The van der Waals surface area contributed by atoms with Crippen LogP contribution in [0.1, 0.15) is 20.7 Å². The fourth-order valence-corrected chi connectivity index (χ4v) is 3.54. The third-order valence-electron chi connectivity index (χ3n) is 5.31. The van der Waals surface area contributed by atoms with Gasteiger partial charge >= 0.3 is 15.6 Å². The van der Waals surface area contributed by atoms with Crippen LogP contribution in [0.15, 0.2) is 54.6 Å². The number of amides is 2. The minimum absolute atomic E-state index is 0.0867. The zero-order valence-electron chi connectivity index (χ0n) is 18.3. The number of imide groups is 1. The molecule has 2 heterocycles. The van der Waals surface area contributed by atoms with Crippen molar-refractivity contribution in [2.45, 2.75) is 11.6 Å². The molecule has 0 saturated carbocycles. The van der Waals surface area contributed by atoms with Gasteiger partial charge in [0, 0.05) is 19.6 Å². The molecule has 2 aliphatic rings. The van der Waals surface area contributed by atoms with Crippen molar-refractivity contribution in [1.82, 2.24) is 9.80 Å². The second kappa shape index (κ2) is 11.2. The van der Waals surface area contributed by atoms with Crippen LogP contribution in [0.5, 0.6) is 5.75 Å². The Balaban J connectivity index is 0.000000371. The number of rotatable bonds is 6. The van der Waals surface area contributed by atoms with Gasteiger partial charge in [0.15, 0.2) is 0 Å². The Hall–Kier alpha value is -3.00. The predicted octanol–water partition coefficient (Wildman–Crippen LogP) is 2.46. The first-order valence-corrected chi connectivity index (χ1v) is 11.9. The van der Waals surface area contributed by atoms with Crippen molar-refractivity contribution < 1.29 is 45.2 Å². The van der Waals surface area contributed by atoms with Crippen LogP contribution in [-0.4, -0.2) is 85.6 Å². The molecule has 4 rings (SSSR count). The number of benzene rings is 2. The number of carbonyl (C=O) groups is 2. The van der Waals surface area contributed by atoms with Gasteiger partial charge in [-0.3, -0.25) is 23.9 Å². The quantitative estimate of drug-likeness (QED) is 0.354. The van der Waals surface area contributed by atoms with Crippen LogP contribution in [0.25, 0.3) is 0 Å². The number of nitrogens with zero attached hydrogens (tertiary/aromatic N) is 2. The van der Waals surface area contributed by atoms with Gasteiger partial charge in [0.1, 0.15) is 12.4 Å². The summed E-state index contributed by atoms with van der Waals surface area (Å²) in [5, 5.41) is 0. The van der Waals surface area contributed by atoms with Crippen LogP contribution < -0.4 is 4.74 Å². The summed E-state index contributed by atoms with van der Waals surface area (Å²) in [6, 6.07) is 16.5. The van der Waals surface area contributed by atoms with Gasteiger partial charge in [-0.05, 0) is 24.3 Å². The molecule has 0 radical (unpaired) electrons. The standard InChI is InChI=1S/C21H22N2O4.CHF3O3S/c24-20-18-8-4-5-9-19(18)21(25)23(20)14-16(22-10-12-26-13-11-22)15-27-17-6-2-1-3-7-17;2-1(3,4)8(5,6)7/h1-9,16H,10-15H2;(H,5,6,7). The van der Waals surface area contributed by atoms with Crippen molar-refractivity contribution in [2.24, 2.45) is 0 Å². The predicted molar refractivity (Wildman–Crippen MR) is 118 cm³/mol. The van der Waals surface area contributed by atoms with Crippen LogP contribution in [0.2, 0.25) is 0 Å². The van der Waals surface area contributed by atoms with Gasteiger partial charge < -0.3 is 9.47 Å². The molecule has 2 aliphatic heterocycles. The van der Waals surface area contributed by atoms with E-state index in [2.05, 4.69) is 4.90 Å². The van der Waals surface area contributed by atoms with Gasteiger partial charge in [0.25, 0.3) is 11.8 Å². The van der Waals surface area contributed by atoms with E-state index in [0.717, 1.165) is 18.8 Å². The summed E-state index contributed by atoms with van der Waals surface area (Å²) in [6.07, 6.45) is 0. The van der Waals surface area contributed by atoms with E-state index in [9.17, 15) is 22.8 Å². The van der Waals surface area contributed by atoms with E-state index in [1.54, 1.807) is 24.3 Å². The maximum atomic E-state index is 12.7. The first-order valence-electron chi connectivity index (χ1n) is 10.5. The summed E-state index contributed by atoms with van der Waals surface area (Å²) in [5.41, 5.74) is -4.58. The van der Waals surface area contributed by atoms with Gasteiger partial charge in [-0.15, -0.1) is 0 Å². The molecule has 0 spiro atoms. The molecule has 1 atom stereocenters. The highest BCUT2D eigenvalue weighted by atomic mass is 32.2. The number of hydrogen-bond acceptors (Lipinski definition) is 7. The van der Waals surface area contributed by atoms with Gasteiger partial charge in [-0.1, -0.05) is 30.3 Å². The summed E-state index contributed by atoms with van der Waals surface area (Å²) in [5.74, 6) is 0.320. The number of alkyl halides is 3. The van der Waals surface area contributed by atoms with Crippen molar-refractivity contribution in [2.75, 3.05) is 39.5 Å². The Morgan fingerprint density at radius 1 is 0.943 bits per heavy atom. The summed E-state index contributed by atoms with van der Waals surface area (Å²) >= 11 is 0. The first-order chi connectivity index (χ1) is 16.5. The average molecular weight is 516 g/mol. The van der Waals surface area contributed by atoms with Crippen molar-refractivity contribution >= 4 is 21.9 Å². The van der Waals surface area contributed by atoms with Crippen molar-refractivity contribution in [3.63, 3.8) is 0 Å². The van der Waals surface area contributed by atoms with Crippen LogP contribution in [0, 0.1) is 0 Å². The summed E-state index contributed by atoms with van der Waals surface area (Å²) < 4.78 is 68.9. The van der Waals surface area contributed by atoms with Crippen LogP contribution in [0.3, 0.4) is 0 Å². The number of halogens is 3. The molecule has 2 aromatic carbocycles. The first kappa shape index (κ1) is 26.6. The maximum Gasteiger partial charge on any atom is 0.522 e. The molecule has 0 bridgehead atoms. The van der Waals surface area contributed by atoms with Crippen molar-refractivity contribution in [1.29, 1.82) is 0 Å². The second-order valence-corrected chi connectivity index (χ2v) is 9.03. The highest BCUT2D eigenvalue weighted by Crippen LogP contribution is 2.24. The van der Waals surface area contributed by atoms with Crippen molar-refractivity contribution in [3.05, 3.63) is 65.7 Å². The Morgan fingerprint density at radius 2 is 1.43 bits per heavy atom. The Morgan fingerprint density at radius 3 is 1.91 bits per heavy atom. The molecular weight excluding hydrogens is 493 g/mol. The molecule has 13 heteroatoms. The van der Waals surface area contributed by atoms with E-state index < -0.39 is 15.6 Å². The summed E-state index contributed by atoms with van der Waals surface area (Å²) in [4.78, 5) is 29.0. The maximum absolute atomic E-state index is 12.7. The minimum Gasteiger partial charge on any atom is -0.492 e. The van der Waals surface area contributed by atoms with Gasteiger partial charge in [0.2, 0.25) is 0 Å². The highest BCUT2D eigenvalue weighted by molar-refractivity contribution is 7.86. The van der Waals surface area contributed by atoms with Gasteiger partial charge in [-0.25, -0.2) is 0 Å². The van der Waals surface area contributed by atoms with Crippen molar-refractivity contribution in [3.8, 4) is 5.75 Å².